The molecule has 2 aromatic rings. The van der Waals surface area contributed by atoms with E-state index in [0.717, 1.165) is 36.0 Å². The Morgan fingerprint density at radius 3 is 2.49 bits per heavy atom. The van der Waals surface area contributed by atoms with Crippen molar-refractivity contribution in [2.75, 3.05) is 18.4 Å². The van der Waals surface area contributed by atoms with Crippen LogP contribution in [-0.4, -0.2) is 52.6 Å². The summed E-state index contributed by atoms with van der Waals surface area (Å²) in [7, 11) is 0. The van der Waals surface area contributed by atoms with E-state index in [4.69, 9.17) is 0 Å². The summed E-state index contributed by atoms with van der Waals surface area (Å²) in [5.74, 6) is -1.13. The number of rotatable bonds is 7. The molecule has 0 saturated carbocycles. The lowest BCUT2D eigenvalue weighted by atomic mass is 9.94. The first-order valence-electron chi connectivity index (χ1n) is 13.2. The van der Waals surface area contributed by atoms with Crippen LogP contribution in [0.2, 0.25) is 0 Å². The zero-order valence-electron chi connectivity index (χ0n) is 21.5. The molecule has 0 spiro atoms. The summed E-state index contributed by atoms with van der Waals surface area (Å²) in [5.41, 5.74) is 4.78. The van der Waals surface area contributed by atoms with E-state index in [1.54, 1.807) is 18.2 Å². The third-order valence-electron chi connectivity index (χ3n) is 8.04. The standard InChI is InChI=1S/C29H34N4O4/c1-3-19-11-13-32(14-12-19)17-21-8-7-20(15-18(21)2)16-30-23-6-4-5-22-26(23)29(37)33(28(22)36)24-9-10-25(34)31-27(24)35/h4-8,15,19,24,30H,3,9-14,16-17H2,1-2H3,(H,31,34,35). The minimum atomic E-state index is -0.971. The molecule has 1 unspecified atom stereocenters. The number of nitrogens with zero attached hydrogens (tertiary/aromatic N) is 2. The van der Waals surface area contributed by atoms with E-state index in [1.165, 1.54) is 30.4 Å². The molecular formula is C29H34N4O4. The molecule has 3 aliphatic heterocycles. The van der Waals surface area contributed by atoms with Crippen LogP contribution < -0.4 is 10.6 Å². The number of hydrogen-bond acceptors (Lipinski definition) is 6. The minimum absolute atomic E-state index is 0.0985. The van der Waals surface area contributed by atoms with Gasteiger partial charge in [-0.25, -0.2) is 0 Å². The molecule has 2 saturated heterocycles. The molecule has 0 radical (unpaired) electrons. The predicted molar refractivity (Wildman–Crippen MR) is 140 cm³/mol. The number of hydrogen-bond donors (Lipinski definition) is 2. The van der Waals surface area contributed by atoms with Crippen molar-refractivity contribution in [3.63, 3.8) is 0 Å². The first-order valence-corrected chi connectivity index (χ1v) is 13.2. The fourth-order valence-corrected chi connectivity index (χ4v) is 5.70. The van der Waals surface area contributed by atoms with Gasteiger partial charge in [-0.3, -0.25) is 34.3 Å². The lowest BCUT2D eigenvalue weighted by molar-refractivity contribution is -0.136. The maximum atomic E-state index is 13.3. The molecule has 2 fully saturated rings. The van der Waals surface area contributed by atoms with Gasteiger partial charge in [0.1, 0.15) is 6.04 Å². The van der Waals surface area contributed by atoms with Gasteiger partial charge in [0, 0.05) is 25.2 Å². The molecule has 3 heterocycles. The van der Waals surface area contributed by atoms with Crippen LogP contribution in [0.3, 0.4) is 0 Å². The van der Waals surface area contributed by atoms with Gasteiger partial charge in [0.2, 0.25) is 11.8 Å². The first kappa shape index (κ1) is 25.1. The van der Waals surface area contributed by atoms with Gasteiger partial charge in [-0.15, -0.1) is 0 Å². The van der Waals surface area contributed by atoms with E-state index in [2.05, 4.69) is 47.6 Å². The van der Waals surface area contributed by atoms with Gasteiger partial charge in [0.05, 0.1) is 11.1 Å². The molecule has 0 aliphatic carbocycles. The van der Waals surface area contributed by atoms with Crippen LogP contribution in [0.5, 0.6) is 0 Å². The quantitative estimate of drug-likeness (QED) is 0.561. The number of piperidine rings is 2. The smallest absolute Gasteiger partial charge is 0.264 e. The van der Waals surface area contributed by atoms with E-state index in [9.17, 15) is 19.2 Å². The van der Waals surface area contributed by atoms with E-state index in [0.29, 0.717) is 12.2 Å². The minimum Gasteiger partial charge on any atom is -0.380 e. The molecule has 0 aromatic heterocycles. The number of amides is 4. The van der Waals surface area contributed by atoms with Gasteiger partial charge in [-0.1, -0.05) is 37.6 Å². The number of anilines is 1. The van der Waals surface area contributed by atoms with Crippen LogP contribution in [-0.2, 0) is 22.7 Å². The van der Waals surface area contributed by atoms with Crippen molar-refractivity contribution in [1.82, 2.24) is 15.1 Å². The van der Waals surface area contributed by atoms with Crippen molar-refractivity contribution in [1.29, 1.82) is 0 Å². The van der Waals surface area contributed by atoms with Gasteiger partial charge in [-0.05, 0) is 74.0 Å². The van der Waals surface area contributed by atoms with Crippen molar-refractivity contribution in [3.05, 3.63) is 64.2 Å². The zero-order chi connectivity index (χ0) is 26.1. The van der Waals surface area contributed by atoms with Crippen molar-refractivity contribution < 1.29 is 19.2 Å². The second-order valence-electron chi connectivity index (χ2n) is 10.4. The molecule has 8 heteroatoms. The normalized spacial score (nSPS) is 20.8. The van der Waals surface area contributed by atoms with E-state index < -0.39 is 23.8 Å². The van der Waals surface area contributed by atoms with E-state index >= 15 is 0 Å². The predicted octanol–water partition coefficient (Wildman–Crippen LogP) is 3.63. The van der Waals surface area contributed by atoms with Gasteiger partial charge in [-0.2, -0.15) is 0 Å². The number of benzene rings is 2. The number of aryl methyl sites for hydroxylation is 1. The SMILES string of the molecule is CCC1CCN(Cc2ccc(CNc3cccc4c3C(=O)N(C3CCC(=O)NC3=O)C4=O)cc2C)CC1. The summed E-state index contributed by atoms with van der Waals surface area (Å²) in [5, 5.41) is 5.56. The fourth-order valence-electron chi connectivity index (χ4n) is 5.70. The Bertz CT molecular complexity index is 1250. The summed E-state index contributed by atoms with van der Waals surface area (Å²) < 4.78 is 0. The average Bonchev–Trinajstić information content (AvgIpc) is 3.15. The molecule has 37 heavy (non-hydrogen) atoms. The Morgan fingerprint density at radius 1 is 1.00 bits per heavy atom. The average molecular weight is 503 g/mol. The Kier molecular flexibility index (Phi) is 7.11. The Morgan fingerprint density at radius 2 is 1.78 bits per heavy atom. The van der Waals surface area contributed by atoms with Crippen LogP contribution in [0, 0.1) is 12.8 Å². The van der Waals surface area contributed by atoms with Crippen LogP contribution in [0.4, 0.5) is 5.69 Å². The highest BCUT2D eigenvalue weighted by Gasteiger charge is 2.45. The monoisotopic (exact) mass is 502 g/mol. The molecule has 0 bridgehead atoms. The number of nitrogens with one attached hydrogen (secondary N) is 2. The summed E-state index contributed by atoms with van der Waals surface area (Å²) in [6.45, 7) is 8.20. The van der Waals surface area contributed by atoms with Crippen LogP contribution in [0.1, 0.15) is 76.4 Å². The van der Waals surface area contributed by atoms with Crippen molar-refractivity contribution >= 4 is 29.3 Å². The number of imide groups is 2. The molecule has 2 aromatic carbocycles. The highest BCUT2D eigenvalue weighted by atomic mass is 16.2. The van der Waals surface area contributed by atoms with E-state index in [-0.39, 0.29) is 29.9 Å². The van der Waals surface area contributed by atoms with Crippen LogP contribution >= 0.6 is 0 Å². The number of likely N-dealkylation sites (tertiary alicyclic amines) is 1. The lowest BCUT2D eigenvalue weighted by Crippen LogP contribution is -2.54. The second kappa shape index (κ2) is 10.5. The zero-order valence-corrected chi connectivity index (χ0v) is 21.5. The molecule has 8 nitrogen and oxygen atoms in total. The van der Waals surface area contributed by atoms with Gasteiger partial charge in [0.15, 0.2) is 0 Å². The summed E-state index contributed by atoms with van der Waals surface area (Å²) in [6.07, 6.45) is 4.07. The van der Waals surface area contributed by atoms with E-state index in [1.807, 2.05) is 0 Å². The second-order valence-corrected chi connectivity index (χ2v) is 10.4. The Labute approximate surface area is 217 Å². The third-order valence-corrected chi connectivity index (χ3v) is 8.04. The topological polar surface area (TPSA) is 98.8 Å². The fraction of sp³-hybridized carbons (Fsp3) is 0.448. The third kappa shape index (κ3) is 5.03. The molecular weight excluding hydrogens is 468 g/mol. The van der Waals surface area contributed by atoms with Gasteiger partial charge < -0.3 is 5.32 Å². The Balaban J connectivity index is 1.26. The maximum Gasteiger partial charge on any atom is 0.264 e. The lowest BCUT2D eigenvalue weighted by Gasteiger charge is -2.31. The van der Waals surface area contributed by atoms with Gasteiger partial charge >= 0.3 is 0 Å². The summed E-state index contributed by atoms with van der Waals surface area (Å²) in [6, 6.07) is 10.6. The molecule has 194 valence electrons. The van der Waals surface area contributed by atoms with Gasteiger partial charge in [0.25, 0.3) is 11.8 Å². The number of carbonyl (C=O) groups excluding carboxylic acids is 4. The van der Waals surface area contributed by atoms with Crippen LogP contribution in [0.15, 0.2) is 36.4 Å². The first-order chi connectivity index (χ1) is 17.9. The van der Waals surface area contributed by atoms with Crippen molar-refractivity contribution in [2.24, 2.45) is 5.92 Å². The number of carbonyl (C=O) groups is 4. The number of fused-ring (bicyclic) bond motifs is 1. The largest absolute Gasteiger partial charge is 0.380 e. The summed E-state index contributed by atoms with van der Waals surface area (Å²) in [4.78, 5) is 53.7. The highest BCUT2D eigenvalue weighted by molar-refractivity contribution is 6.25. The highest BCUT2D eigenvalue weighted by Crippen LogP contribution is 2.32. The molecule has 4 amide bonds. The van der Waals surface area contributed by atoms with Crippen LogP contribution in [0.25, 0.3) is 0 Å². The molecule has 1 atom stereocenters. The summed E-state index contributed by atoms with van der Waals surface area (Å²) >= 11 is 0. The molecule has 3 aliphatic rings. The maximum absolute atomic E-state index is 13.3. The van der Waals surface area contributed by atoms with Crippen molar-refractivity contribution in [3.8, 4) is 0 Å². The molecule has 2 N–H and O–H groups in total. The molecule has 5 rings (SSSR count). The Hall–Kier alpha value is -3.52. The van der Waals surface area contributed by atoms with Crippen molar-refractivity contribution in [2.45, 2.75) is 65.1 Å².